The van der Waals surface area contributed by atoms with Gasteiger partial charge in [-0.3, -0.25) is 4.79 Å². The van der Waals surface area contributed by atoms with Crippen molar-refractivity contribution in [2.75, 3.05) is 38.0 Å². The molecule has 0 radical (unpaired) electrons. The number of carbonyl (C=O) groups is 2. The Hall–Kier alpha value is -2.11. The van der Waals surface area contributed by atoms with E-state index in [2.05, 4.69) is 41.0 Å². The van der Waals surface area contributed by atoms with Crippen LogP contribution in [0.1, 0.15) is 85.3 Å². The molecule has 2 aliphatic rings. The lowest BCUT2D eigenvalue weighted by Crippen LogP contribution is -2.47. The van der Waals surface area contributed by atoms with E-state index in [1.54, 1.807) is 18.0 Å². The van der Waals surface area contributed by atoms with Crippen LogP contribution in [0.5, 0.6) is 0 Å². The predicted octanol–water partition coefficient (Wildman–Crippen LogP) is 6.41. The molecular formula is C29H45N5O4S2. The van der Waals surface area contributed by atoms with Crippen LogP contribution < -0.4 is 5.32 Å². The fourth-order valence-corrected chi connectivity index (χ4v) is 6.77. The molecule has 2 fully saturated rings. The molecule has 1 unspecified atom stereocenters. The smallest absolute Gasteiger partial charge is 0.410 e. The molecule has 1 atom stereocenters. The van der Waals surface area contributed by atoms with Crippen molar-refractivity contribution in [2.45, 2.75) is 94.6 Å². The zero-order valence-electron chi connectivity index (χ0n) is 24.8. The number of thioether (sulfide) groups is 1. The highest BCUT2D eigenvalue weighted by Crippen LogP contribution is 2.33. The summed E-state index contributed by atoms with van der Waals surface area (Å²) in [6, 6.07) is 0. The van der Waals surface area contributed by atoms with Crippen LogP contribution in [0, 0.1) is 11.8 Å². The molecule has 9 nitrogen and oxygen atoms in total. The van der Waals surface area contributed by atoms with Gasteiger partial charge in [-0.15, -0.1) is 11.8 Å². The molecule has 11 heteroatoms. The number of hydrogen-bond acceptors (Lipinski definition) is 9. The molecule has 0 bridgehead atoms. The Morgan fingerprint density at radius 1 is 1.12 bits per heavy atom. The number of likely N-dealkylation sites (tertiary alicyclic amines) is 2. The minimum absolute atomic E-state index is 0.00599. The SMILES string of the molecule is CCC(C)(C)c1cnc(CSc2cnc(NC(=O)C3CCN(CC4CCCN(C(=O)OC(C)(C)C)C4)CC3)s2)o1. The Kier molecular flexibility index (Phi) is 10.2. The first-order valence-corrected chi connectivity index (χ1v) is 16.3. The van der Waals surface area contributed by atoms with Gasteiger partial charge < -0.3 is 24.3 Å². The lowest BCUT2D eigenvalue weighted by Gasteiger charge is -2.38. The minimum Gasteiger partial charge on any atom is -0.444 e. The zero-order valence-corrected chi connectivity index (χ0v) is 26.5. The summed E-state index contributed by atoms with van der Waals surface area (Å²) in [5.41, 5.74) is -0.494. The quantitative estimate of drug-likeness (QED) is 0.334. The Balaban J connectivity index is 1.18. The van der Waals surface area contributed by atoms with E-state index in [1.807, 2.05) is 31.9 Å². The maximum atomic E-state index is 13.0. The molecule has 4 heterocycles. The van der Waals surface area contributed by atoms with Gasteiger partial charge in [-0.25, -0.2) is 14.8 Å². The number of hydrogen-bond donors (Lipinski definition) is 1. The lowest BCUT2D eigenvalue weighted by molar-refractivity contribution is -0.121. The van der Waals surface area contributed by atoms with E-state index in [9.17, 15) is 9.59 Å². The first-order chi connectivity index (χ1) is 18.9. The standard InChI is InChI=1S/C29H45N5O4S2/c1-7-29(5,6)22-15-30-23(37-22)19-39-24-16-31-26(40-24)32-25(35)21-10-13-33(14-11-21)17-20-9-8-12-34(18-20)27(36)38-28(2,3)4/h15-16,20-21H,7-14,17-19H2,1-6H3,(H,31,32,35). The molecule has 2 aliphatic heterocycles. The second-order valence-electron chi connectivity index (χ2n) is 12.6. The number of amides is 2. The zero-order chi connectivity index (χ0) is 28.9. The highest BCUT2D eigenvalue weighted by molar-refractivity contribution is 8.00. The summed E-state index contributed by atoms with van der Waals surface area (Å²) < 4.78 is 12.5. The van der Waals surface area contributed by atoms with E-state index >= 15 is 0 Å². The topological polar surface area (TPSA) is 101 Å². The minimum atomic E-state index is -0.473. The second kappa shape index (κ2) is 13.2. The number of oxazole rings is 1. The summed E-state index contributed by atoms with van der Waals surface area (Å²) in [5.74, 6) is 2.74. The lowest BCUT2D eigenvalue weighted by atomic mass is 9.88. The summed E-state index contributed by atoms with van der Waals surface area (Å²) >= 11 is 3.11. The molecular weight excluding hydrogens is 546 g/mol. The van der Waals surface area contributed by atoms with Crippen molar-refractivity contribution >= 4 is 40.2 Å². The Morgan fingerprint density at radius 3 is 2.58 bits per heavy atom. The molecule has 0 aromatic carbocycles. The largest absolute Gasteiger partial charge is 0.444 e. The Bertz CT molecular complexity index is 1130. The second-order valence-corrected chi connectivity index (χ2v) is 14.9. The van der Waals surface area contributed by atoms with Gasteiger partial charge in [0.15, 0.2) is 5.13 Å². The fourth-order valence-electron chi connectivity index (χ4n) is 5.04. The van der Waals surface area contributed by atoms with Crippen molar-refractivity contribution in [3.8, 4) is 0 Å². The molecule has 2 amide bonds. The van der Waals surface area contributed by atoms with Crippen molar-refractivity contribution in [3.05, 3.63) is 24.0 Å². The van der Waals surface area contributed by atoms with E-state index in [-0.39, 0.29) is 23.3 Å². The monoisotopic (exact) mass is 591 g/mol. The number of piperidine rings is 2. The third-order valence-corrected chi connectivity index (χ3v) is 9.89. The molecule has 0 aliphatic carbocycles. The molecule has 0 saturated carbocycles. The van der Waals surface area contributed by atoms with Crippen molar-refractivity contribution in [2.24, 2.45) is 11.8 Å². The number of nitrogens with zero attached hydrogens (tertiary/aromatic N) is 4. The summed E-state index contributed by atoms with van der Waals surface area (Å²) in [6.07, 6.45) is 8.21. The van der Waals surface area contributed by atoms with Gasteiger partial charge in [0.1, 0.15) is 11.4 Å². The summed E-state index contributed by atoms with van der Waals surface area (Å²) in [5, 5.41) is 3.67. The van der Waals surface area contributed by atoms with Crippen LogP contribution in [0.4, 0.5) is 9.93 Å². The van der Waals surface area contributed by atoms with Gasteiger partial charge in [-0.1, -0.05) is 32.1 Å². The fraction of sp³-hybridized carbons (Fsp3) is 0.724. The van der Waals surface area contributed by atoms with E-state index < -0.39 is 5.60 Å². The number of ether oxygens (including phenoxy) is 1. The number of carbonyl (C=O) groups excluding carboxylic acids is 2. The van der Waals surface area contributed by atoms with E-state index in [0.717, 1.165) is 74.8 Å². The van der Waals surface area contributed by atoms with Crippen LogP contribution in [0.3, 0.4) is 0 Å². The van der Waals surface area contributed by atoms with Gasteiger partial charge in [0.25, 0.3) is 0 Å². The van der Waals surface area contributed by atoms with Gasteiger partial charge in [0.05, 0.1) is 22.4 Å². The first kappa shape index (κ1) is 30.8. The molecule has 0 spiro atoms. The number of aromatic nitrogens is 2. The molecule has 2 saturated heterocycles. The van der Waals surface area contributed by atoms with Crippen LogP contribution in [0.25, 0.3) is 0 Å². The summed E-state index contributed by atoms with van der Waals surface area (Å²) in [4.78, 5) is 38.6. The third kappa shape index (κ3) is 8.69. The van der Waals surface area contributed by atoms with E-state index in [0.29, 0.717) is 22.7 Å². The van der Waals surface area contributed by atoms with Crippen molar-refractivity contribution < 1.29 is 18.7 Å². The molecule has 40 heavy (non-hydrogen) atoms. The molecule has 222 valence electrons. The van der Waals surface area contributed by atoms with Crippen molar-refractivity contribution in [1.29, 1.82) is 0 Å². The highest BCUT2D eigenvalue weighted by atomic mass is 32.2. The maximum Gasteiger partial charge on any atom is 0.410 e. The van der Waals surface area contributed by atoms with Crippen LogP contribution in [0.15, 0.2) is 21.0 Å². The molecule has 4 rings (SSSR count). The average molecular weight is 592 g/mol. The first-order valence-electron chi connectivity index (χ1n) is 14.5. The van der Waals surface area contributed by atoms with Gasteiger partial charge >= 0.3 is 6.09 Å². The summed E-state index contributed by atoms with van der Waals surface area (Å²) in [7, 11) is 0. The number of nitrogens with one attached hydrogen (secondary N) is 1. The highest BCUT2D eigenvalue weighted by Gasteiger charge is 2.31. The Morgan fingerprint density at radius 2 is 1.88 bits per heavy atom. The average Bonchev–Trinajstić information content (AvgIpc) is 3.57. The van der Waals surface area contributed by atoms with Crippen molar-refractivity contribution in [3.63, 3.8) is 0 Å². The molecule has 2 aromatic heterocycles. The van der Waals surface area contributed by atoms with Crippen LogP contribution in [0.2, 0.25) is 0 Å². The van der Waals surface area contributed by atoms with Crippen LogP contribution in [-0.2, 0) is 20.7 Å². The Labute approximate surface area is 246 Å². The number of anilines is 1. The number of thiazole rings is 1. The molecule has 2 aromatic rings. The predicted molar refractivity (Wildman–Crippen MR) is 160 cm³/mol. The normalized spacial score (nSPS) is 19.6. The van der Waals surface area contributed by atoms with Gasteiger partial charge in [-0.2, -0.15) is 0 Å². The van der Waals surface area contributed by atoms with Crippen LogP contribution in [-0.4, -0.2) is 70.1 Å². The number of rotatable bonds is 9. The summed E-state index contributed by atoms with van der Waals surface area (Å²) in [6.45, 7) is 16.4. The third-order valence-electron chi connectivity index (χ3n) is 7.80. The molecule has 1 N–H and O–H groups in total. The van der Waals surface area contributed by atoms with E-state index in [1.165, 1.54) is 11.3 Å². The van der Waals surface area contributed by atoms with E-state index in [4.69, 9.17) is 9.15 Å². The maximum absolute atomic E-state index is 13.0. The van der Waals surface area contributed by atoms with Gasteiger partial charge in [0.2, 0.25) is 11.8 Å². The van der Waals surface area contributed by atoms with Crippen LogP contribution >= 0.6 is 23.1 Å². The van der Waals surface area contributed by atoms with Gasteiger partial charge in [0, 0.05) is 31.0 Å². The van der Waals surface area contributed by atoms with Gasteiger partial charge in [-0.05, 0) is 71.9 Å². The van der Waals surface area contributed by atoms with Crippen molar-refractivity contribution in [1.82, 2.24) is 19.8 Å².